The highest BCUT2D eigenvalue weighted by Gasteiger charge is 2.45. The fraction of sp³-hybridized carbons (Fsp3) is 0.410. The summed E-state index contributed by atoms with van der Waals surface area (Å²) in [5.74, 6) is 5.02. The number of carbonyl (C=O) groups is 1. The number of rotatable bonds is 21. The van der Waals surface area contributed by atoms with Gasteiger partial charge >= 0.3 is 0 Å². The minimum atomic E-state index is 0.00528. The number of nitrogens with one attached hydrogen (secondary N) is 4. The lowest BCUT2D eigenvalue weighted by atomic mass is 10.1. The molecule has 17 heteroatoms. The van der Waals surface area contributed by atoms with Crippen molar-refractivity contribution in [1.29, 1.82) is 0 Å². The molecule has 56 heavy (non-hydrogen) atoms. The number of nitrogens with zero attached hydrogens (tertiary/aromatic N) is 9. The van der Waals surface area contributed by atoms with Crippen molar-refractivity contribution >= 4 is 53.0 Å². The van der Waals surface area contributed by atoms with Crippen molar-refractivity contribution in [3.8, 4) is 17.1 Å². The molecule has 4 N–H and O–H groups in total. The van der Waals surface area contributed by atoms with Gasteiger partial charge in [-0.05, 0) is 54.2 Å². The highest BCUT2D eigenvalue weighted by Crippen LogP contribution is 2.48. The number of ether oxygens (including phenoxy) is 1. The predicted octanol–water partition coefficient (Wildman–Crippen LogP) is 5.92. The Kier molecular flexibility index (Phi) is 14.5. The van der Waals surface area contributed by atoms with E-state index in [-0.39, 0.29) is 23.7 Å². The van der Waals surface area contributed by atoms with Crippen LogP contribution in [0.5, 0.6) is 5.88 Å². The van der Waals surface area contributed by atoms with Crippen molar-refractivity contribution in [2.45, 2.75) is 36.0 Å². The van der Waals surface area contributed by atoms with Gasteiger partial charge in [-0.3, -0.25) is 9.78 Å². The topological polar surface area (TPSA) is 181 Å². The molecule has 0 spiro atoms. The van der Waals surface area contributed by atoms with Gasteiger partial charge in [0.1, 0.15) is 11.6 Å². The summed E-state index contributed by atoms with van der Waals surface area (Å²) >= 11 is 3.26. The van der Waals surface area contributed by atoms with E-state index in [0.29, 0.717) is 54.8 Å². The summed E-state index contributed by atoms with van der Waals surface area (Å²) in [6.45, 7) is 7.83. The third kappa shape index (κ3) is 11.6. The van der Waals surface area contributed by atoms with Crippen LogP contribution < -0.4 is 26.0 Å². The fourth-order valence-corrected chi connectivity index (χ4v) is 6.97. The molecule has 5 aromatic rings. The zero-order valence-corrected chi connectivity index (χ0v) is 34.0. The number of thioether (sulfide) groups is 2. The molecule has 1 aliphatic rings. The smallest absolute Gasteiger partial charge is 0.226 e. The molecule has 0 saturated heterocycles. The van der Waals surface area contributed by atoms with Gasteiger partial charge in [0.15, 0.2) is 0 Å². The van der Waals surface area contributed by atoms with E-state index in [1.54, 1.807) is 49.2 Å². The lowest BCUT2D eigenvalue weighted by molar-refractivity contribution is -0.131. The molecule has 1 amide bonds. The van der Waals surface area contributed by atoms with Crippen molar-refractivity contribution in [3.05, 3.63) is 79.4 Å². The van der Waals surface area contributed by atoms with Crippen LogP contribution in [0.2, 0.25) is 0 Å². The molecule has 0 aliphatic heterocycles. The standard InChI is InChI=1S/C39H49N13O2S2/c1-25(16-46-38-48-19-28(55-5)20-49-38)14-42-34-9-8-27(18-44-34)31-13-32(31)37(53)52(3)11-12-56-29-21-50-39(51-22-29)47-17-26(2)15-43-35-24-41-33(23-45-35)30-7-6-10-40-36(30)54-4/h6-10,18-26,31-32H,11-17H2,1-5H3,(H,42,44)(H,43,45)(H,46,48,49)(H,47,50,51)/t25?,26?,31-,32+/m1/s1. The average Bonchev–Trinajstić information content (AvgIpc) is 4.05. The predicted molar refractivity (Wildman–Crippen MR) is 223 cm³/mol. The first-order valence-electron chi connectivity index (χ1n) is 18.6. The molecule has 15 nitrogen and oxygen atoms in total. The largest absolute Gasteiger partial charge is 0.481 e. The summed E-state index contributed by atoms with van der Waals surface area (Å²) in [4.78, 5) is 52.5. The van der Waals surface area contributed by atoms with Crippen LogP contribution in [-0.2, 0) is 4.79 Å². The first-order chi connectivity index (χ1) is 27.3. The number of amides is 1. The summed E-state index contributed by atoms with van der Waals surface area (Å²) in [5, 5.41) is 13.3. The molecule has 294 valence electrons. The SMILES string of the molecule is COc1ncccc1-c1cnc(NCC(C)CNc2ncc(SCCN(C)C(=O)[C@H]3C[C@@H]3c3ccc(NCC(C)CNc4ncc(SC)cn4)nc3)cn2)cn1. The van der Waals surface area contributed by atoms with Crippen molar-refractivity contribution in [2.75, 3.05) is 80.2 Å². The Balaban J connectivity index is 0.838. The lowest BCUT2D eigenvalue weighted by Crippen LogP contribution is -2.30. The zero-order valence-electron chi connectivity index (χ0n) is 32.3. The van der Waals surface area contributed by atoms with E-state index < -0.39 is 0 Å². The van der Waals surface area contributed by atoms with Crippen LogP contribution in [0.15, 0.2) is 83.6 Å². The second kappa shape index (κ2) is 20.0. The van der Waals surface area contributed by atoms with Gasteiger partial charge in [-0.15, -0.1) is 23.5 Å². The molecule has 4 atom stereocenters. The maximum atomic E-state index is 13.2. The van der Waals surface area contributed by atoms with Crippen LogP contribution in [0.4, 0.5) is 23.5 Å². The van der Waals surface area contributed by atoms with Crippen molar-refractivity contribution in [1.82, 2.24) is 44.8 Å². The van der Waals surface area contributed by atoms with Gasteiger partial charge in [0.25, 0.3) is 0 Å². The molecule has 5 aromatic heterocycles. The van der Waals surface area contributed by atoms with E-state index in [1.165, 1.54) is 0 Å². The van der Waals surface area contributed by atoms with Crippen molar-refractivity contribution < 1.29 is 9.53 Å². The Bertz CT molecular complexity index is 1970. The van der Waals surface area contributed by atoms with Crippen molar-refractivity contribution in [2.24, 2.45) is 17.8 Å². The second-order valence-corrected chi connectivity index (χ2v) is 15.9. The molecule has 1 fully saturated rings. The van der Waals surface area contributed by atoms with E-state index in [0.717, 1.165) is 52.0 Å². The monoisotopic (exact) mass is 795 g/mol. The van der Waals surface area contributed by atoms with Gasteiger partial charge in [-0.2, -0.15) is 0 Å². The first-order valence-corrected chi connectivity index (χ1v) is 20.8. The van der Waals surface area contributed by atoms with Crippen molar-refractivity contribution in [3.63, 3.8) is 0 Å². The molecule has 1 saturated carbocycles. The molecular formula is C39H49N13O2S2. The number of aromatic nitrogens is 8. The quantitative estimate of drug-likeness (QED) is 0.0643. The van der Waals surface area contributed by atoms with Crippen LogP contribution in [0.3, 0.4) is 0 Å². The van der Waals surface area contributed by atoms with Crippen LogP contribution in [0.25, 0.3) is 11.3 Å². The Morgan fingerprint density at radius 2 is 1.43 bits per heavy atom. The number of pyridine rings is 2. The molecule has 0 radical (unpaired) electrons. The molecule has 5 heterocycles. The maximum Gasteiger partial charge on any atom is 0.226 e. The van der Waals surface area contributed by atoms with Gasteiger partial charge in [-0.1, -0.05) is 19.9 Å². The van der Waals surface area contributed by atoms with E-state index >= 15 is 0 Å². The molecule has 0 bridgehead atoms. The van der Waals surface area contributed by atoms with Gasteiger partial charge < -0.3 is 30.9 Å². The maximum absolute atomic E-state index is 13.2. The second-order valence-electron chi connectivity index (χ2n) is 13.8. The third-order valence-corrected chi connectivity index (χ3v) is 10.9. The number of methoxy groups -OCH3 is 1. The fourth-order valence-electron chi connectivity index (χ4n) is 5.79. The molecule has 6 rings (SSSR count). The summed E-state index contributed by atoms with van der Waals surface area (Å²) in [6, 6.07) is 7.83. The Morgan fingerprint density at radius 3 is 2.04 bits per heavy atom. The van der Waals surface area contributed by atoms with E-state index in [2.05, 4.69) is 81.1 Å². The zero-order chi connectivity index (χ0) is 39.3. The summed E-state index contributed by atoms with van der Waals surface area (Å²) in [6.07, 6.45) is 17.1. The van der Waals surface area contributed by atoms with Crippen LogP contribution in [-0.4, -0.2) is 110 Å². The molecule has 0 aromatic carbocycles. The van der Waals surface area contributed by atoms with Gasteiger partial charge in [0.2, 0.25) is 23.7 Å². The van der Waals surface area contributed by atoms with E-state index in [4.69, 9.17) is 4.74 Å². The van der Waals surface area contributed by atoms with Crippen LogP contribution in [0, 0.1) is 17.8 Å². The number of hydrogen-bond acceptors (Lipinski definition) is 16. The van der Waals surface area contributed by atoms with Crippen LogP contribution >= 0.6 is 23.5 Å². The van der Waals surface area contributed by atoms with Gasteiger partial charge in [0.05, 0.1) is 30.8 Å². The molecule has 2 unspecified atom stereocenters. The summed E-state index contributed by atoms with van der Waals surface area (Å²) in [5.41, 5.74) is 2.60. The minimum Gasteiger partial charge on any atom is -0.481 e. The third-order valence-electron chi connectivity index (χ3n) is 9.26. The number of carbonyl (C=O) groups excluding carboxylic acids is 1. The Labute approximate surface area is 336 Å². The van der Waals surface area contributed by atoms with Gasteiger partial charge in [0, 0.05) is 98.4 Å². The van der Waals surface area contributed by atoms with Crippen LogP contribution in [0.1, 0.15) is 31.7 Å². The Morgan fingerprint density at radius 1 is 0.786 bits per heavy atom. The highest BCUT2D eigenvalue weighted by molar-refractivity contribution is 7.99. The normalized spacial score (nSPS) is 15.7. The Hall–Kier alpha value is -5.29. The summed E-state index contributed by atoms with van der Waals surface area (Å²) < 4.78 is 5.33. The lowest BCUT2D eigenvalue weighted by Gasteiger charge is -2.17. The van der Waals surface area contributed by atoms with E-state index in [1.807, 2.05) is 67.4 Å². The first kappa shape index (κ1) is 40.4. The number of hydrogen-bond donors (Lipinski definition) is 4. The number of anilines is 4. The highest BCUT2D eigenvalue weighted by atomic mass is 32.2. The minimum absolute atomic E-state index is 0.00528. The van der Waals surface area contributed by atoms with E-state index in [9.17, 15) is 4.79 Å². The molecular weight excluding hydrogens is 747 g/mol. The molecule has 1 aliphatic carbocycles. The van der Waals surface area contributed by atoms with Gasteiger partial charge in [-0.25, -0.2) is 34.9 Å². The average molecular weight is 796 g/mol. The summed E-state index contributed by atoms with van der Waals surface area (Å²) in [7, 11) is 3.47.